The molecule has 1 fully saturated rings. The average Bonchev–Trinajstić information content (AvgIpc) is 3.55. The van der Waals surface area contributed by atoms with Gasteiger partial charge in [-0.05, 0) is 49.2 Å². The number of hydrogen-bond acceptors (Lipinski definition) is 7. The number of nitrogens with one attached hydrogen (secondary N) is 1. The summed E-state index contributed by atoms with van der Waals surface area (Å²) < 4.78 is 10.8. The lowest BCUT2D eigenvalue weighted by Crippen LogP contribution is -2.29. The molecule has 0 amide bonds. The number of aromatic nitrogens is 2. The van der Waals surface area contributed by atoms with E-state index in [2.05, 4.69) is 52.0 Å². The number of nitrogens with zero attached hydrogens (tertiary/aromatic N) is 3. The van der Waals surface area contributed by atoms with Crippen molar-refractivity contribution >= 4 is 27.4 Å². The van der Waals surface area contributed by atoms with E-state index >= 15 is 0 Å². The van der Waals surface area contributed by atoms with Gasteiger partial charge in [0, 0.05) is 24.6 Å². The van der Waals surface area contributed by atoms with Crippen molar-refractivity contribution in [3.05, 3.63) is 71.4 Å². The largest absolute Gasteiger partial charge is 0.497 e. The molecule has 0 bridgehead atoms. The number of rotatable bonds is 9. The van der Waals surface area contributed by atoms with Gasteiger partial charge in [0.25, 0.3) is 0 Å². The molecule has 7 heteroatoms. The summed E-state index contributed by atoms with van der Waals surface area (Å²) in [4.78, 5) is 13.2. The SMILES string of the molecule is COCc1nc(NC(CN2CCCC2)c2ccc(OC)cc2)c2c(-c3ccccc3)csc2n1. The van der Waals surface area contributed by atoms with Crippen molar-refractivity contribution in [3.63, 3.8) is 0 Å². The molecule has 0 aliphatic carbocycles. The summed E-state index contributed by atoms with van der Waals surface area (Å²) in [5, 5.41) is 7.06. The molecule has 1 atom stereocenters. The third kappa shape index (κ3) is 4.92. The Morgan fingerprint density at radius 2 is 1.76 bits per heavy atom. The second-order valence-electron chi connectivity index (χ2n) is 8.59. The molecule has 1 aliphatic heterocycles. The summed E-state index contributed by atoms with van der Waals surface area (Å²) in [5.74, 6) is 2.41. The second-order valence-corrected chi connectivity index (χ2v) is 9.45. The van der Waals surface area contributed by atoms with Crippen molar-refractivity contribution in [1.29, 1.82) is 0 Å². The molecule has 1 N–H and O–H groups in total. The molecule has 2 aromatic carbocycles. The first-order chi connectivity index (χ1) is 16.7. The molecule has 0 radical (unpaired) electrons. The van der Waals surface area contributed by atoms with Crippen molar-refractivity contribution in [2.75, 3.05) is 39.2 Å². The van der Waals surface area contributed by atoms with Crippen LogP contribution in [-0.4, -0.2) is 48.7 Å². The number of likely N-dealkylation sites (tertiary alicyclic amines) is 1. The van der Waals surface area contributed by atoms with Crippen LogP contribution in [0.2, 0.25) is 0 Å². The highest BCUT2D eigenvalue weighted by Gasteiger charge is 2.23. The smallest absolute Gasteiger partial charge is 0.158 e. The fourth-order valence-corrected chi connectivity index (χ4v) is 5.54. The van der Waals surface area contributed by atoms with Gasteiger partial charge in [0.15, 0.2) is 5.82 Å². The zero-order chi connectivity index (χ0) is 23.3. The highest BCUT2D eigenvalue weighted by atomic mass is 32.1. The van der Waals surface area contributed by atoms with E-state index in [0.29, 0.717) is 12.4 Å². The quantitative estimate of drug-likeness (QED) is 0.333. The second kappa shape index (κ2) is 10.5. The lowest BCUT2D eigenvalue weighted by Gasteiger charge is -2.26. The molecule has 0 saturated carbocycles. The fraction of sp³-hybridized carbons (Fsp3) is 0.333. The van der Waals surface area contributed by atoms with E-state index in [0.717, 1.165) is 47.0 Å². The van der Waals surface area contributed by atoms with Gasteiger partial charge in [-0.1, -0.05) is 42.5 Å². The van der Waals surface area contributed by atoms with Gasteiger partial charge in [0.2, 0.25) is 0 Å². The van der Waals surface area contributed by atoms with Crippen molar-refractivity contribution in [1.82, 2.24) is 14.9 Å². The van der Waals surface area contributed by atoms with Gasteiger partial charge in [-0.2, -0.15) is 0 Å². The van der Waals surface area contributed by atoms with Crippen LogP contribution in [-0.2, 0) is 11.3 Å². The van der Waals surface area contributed by atoms with Gasteiger partial charge in [-0.15, -0.1) is 11.3 Å². The van der Waals surface area contributed by atoms with E-state index in [4.69, 9.17) is 19.4 Å². The van der Waals surface area contributed by atoms with E-state index in [1.807, 2.05) is 18.2 Å². The molecule has 6 nitrogen and oxygen atoms in total. The van der Waals surface area contributed by atoms with Crippen LogP contribution >= 0.6 is 11.3 Å². The van der Waals surface area contributed by atoms with E-state index in [1.165, 1.54) is 24.0 Å². The summed E-state index contributed by atoms with van der Waals surface area (Å²) in [7, 11) is 3.38. The summed E-state index contributed by atoms with van der Waals surface area (Å²) in [6.45, 7) is 3.57. The van der Waals surface area contributed by atoms with Gasteiger partial charge >= 0.3 is 0 Å². The molecule has 1 aliphatic rings. The predicted octanol–water partition coefficient (Wildman–Crippen LogP) is 5.76. The third-order valence-electron chi connectivity index (χ3n) is 6.31. The van der Waals surface area contributed by atoms with E-state index in [1.54, 1.807) is 25.6 Å². The number of anilines is 1. The molecule has 2 aromatic heterocycles. The van der Waals surface area contributed by atoms with E-state index in [-0.39, 0.29) is 6.04 Å². The molecule has 34 heavy (non-hydrogen) atoms. The molecule has 176 valence electrons. The Bertz CT molecular complexity index is 1220. The lowest BCUT2D eigenvalue weighted by atomic mass is 10.0. The van der Waals surface area contributed by atoms with Gasteiger partial charge in [-0.25, -0.2) is 9.97 Å². The predicted molar refractivity (Wildman–Crippen MR) is 139 cm³/mol. The first kappa shape index (κ1) is 22.8. The zero-order valence-electron chi connectivity index (χ0n) is 19.7. The van der Waals surface area contributed by atoms with Crippen LogP contribution in [0.3, 0.4) is 0 Å². The molecule has 1 unspecified atom stereocenters. The van der Waals surface area contributed by atoms with Crippen molar-refractivity contribution in [3.8, 4) is 16.9 Å². The molecule has 4 aromatic rings. The van der Waals surface area contributed by atoms with Crippen LogP contribution in [0.1, 0.15) is 30.3 Å². The maximum atomic E-state index is 5.39. The lowest BCUT2D eigenvalue weighted by molar-refractivity contribution is 0.178. The number of methoxy groups -OCH3 is 2. The fourth-order valence-electron chi connectivity index (χ4n) is 4.57. The van der Waals surface area contributed by atoms with Crippen LogP contribution < -0.4 is 10.1 Å². The van der Waals surface area contributed by atoms with Crippen molar-refractivity contribution in [2.45, 2.75) is 25.5 Å². The minimum atomic E-state index is 0.0843. The van der Waals surface area contributed by atoms with Crippen molar-refractivity contribution < 1.29 is 9.47 Å². The third-order valence-corrected chi connectivity index (χ3v) is 7.18. The van der Waals surface area contributed by atoms with Crippen LogP contribution in [0, 0.1) is 0 Å². The minimum absolute atomic E-state index is 0.0843. The normalized spacial score (nSPS) is 15.0. The summed E-state index contributed by atoms with van der Waals surface area (Å²) >= 11 is 1.65. The number of hydrogen-bond donors (Lipinski definition) is 1. The molecular weight excluding hydrogens is 444 g/mol. The van der Waals surface area contributed by atoms with Crippen LogP contribution in [0.15, 0.2) is 60.0 Å². The van der Waals surface area contributed by atoms with E-state index in [9.17, 15) is 0 Å². The molecule has 1 saturated heterocycles. The maximum Gasteiger partial charge on any atom is 0.158 e. The Labute approximate surface area is 204 Å². The molecule has 5 rings (SSSR count). The summed E-state index contributed by atoms with van der Waals surface area (Å²) in [5.41, 5.74) is 3.53. The Hall–Kier alpha value is -3.00. The molecular formula is C27H30N4O2S. The van der Waals surface area contributed by atoms with E-state index < -0.39 is 0 Å². The Morgan fingerprint density at radius 3 is 2.47 bits per heavy atom. The highest BCUT2D eigenvalue weighted by Crippen LogP contribution is 2.38. The number of ether oxygens (including phenoxy) is 2. The Balaban J connectivity index is 1.58. The van der Waals surface area contributed by atoms with Gasteiger partial charge < -0.3 is 19.7 Å². The first-order valence-corrected chi connectivity index (χ1v) is 12.6. The number of benzene rings is 2. The first-order valence-electron chi connectivity index (χ1n) is 11.7. The number of thiophene rings is 1. The van der Waals surface area contributed by atoms with Crippen molar-refractivity contribution in [2.24, 2.45) is 0 Å². The van der Waals surface area contributed by atoms with Gasteiger partial charge in [-0.3, -0.25) is 0 Å². The van der Waals surface area contributed by atoms with Crippen LogP contribution in [0.25, 0.3) is 21.3 Å². The Morgan fingerprint density at radius 1 is 1.00 bits per heavy atom. The standard InChI is InChI=1S/C27H30N4O2S/c1-32-17-24-29-26(25-22(18-34-27(25)30-24)19-8-4-3-5-9-19)28-23(16-31-14-6-7-15-31)20-10-12-21(33-2)13-11-20/h3-5,8-13,18,23H,6-7,14-17H2,1-2H3,(H,28,29,30). The average molecular weight is 475 g/mol. The molecule has 3 heterocycles. The van der Waals surface area contributed by atoms with Gasteiger partial charge in [0.1, 0.15) is 23.0 Å². The minimum Gasteiger partial charge on any atom is -0.497 e. The van der Waals surface area contributed by atoms with Gasteiger partial charge in [0.05, 0.1) is 18.5 Å². The van der Waals surface area contributed by atoms with Crippen LogP contribution in [0.4, 0.5) is 5.82 Å². The zero-order valence-corrected chi connectivity index (χ0v) is 20.5. The van der Waals surface area contributed by atoms with Crippen LogP contribution in [0.5, 0.6) is 5.75 Å². The highest BCUT2D eigenvalue weighted by molar-refractivity contribution is 7.17. The molecule has 0 spiro atoms. The number of fused-ring (bicyclic) bond motifs is 1. The monoisotopic (exact) mass is 474 g/mol. The maximum absolute atomic E-state index is 5.39. The summed E-state index contributed by atoms with van der Waals surface area (Å²) in [6.07, 6.45) is 2.52. The Kier molecular flexibility index (Phi) is 7.04. The summed E-state index contributed by atoms with van der Waals surface area (Å²) in [6, 6.07) is 18.9. The topological polar surface area (TPSA) is 59.5 Å².